The summed E-state index contributed by atoms with van der Waals surface area (Å²) in [6.07, 6.45) is 3.02. The molecule has 2 aromatic carbocycles. The lowest BCUT2D eigenvalue weighted by Gasteiger charge is -2.33. The van der Waals surface area contributed by atoms with Crippen molar-refractivity contribution in [3.63, 3.8) is 0 Å². The van der Waals surface area contributed by atoms with Gasteiger partial charge in [-0.1, -0.05) is 23.9 Å². The van der Waals surface area contributed by atoms with Gasteiger partial charge in [-0.05, 0) is 54.8 Å². The zero-order valence-corrected chi connectivity index (χ0v) is 18.6. The van der Waals surface area contributed by atoms with Crippen LogP contribution in [0.4, 0.5) is 5.69 Å². The maximum Gasteiger partial charge on any atom is 0.283 e. The zero-order chi connectivity index (χ0) is 22.5. The SMILES string of the molecule is CC(=O)N1CCN(C(=O)C=Cc2ccc(Sc3ccc(C)c(C)c3)c([N+](=O)[O-])c2)CC1. The van der Waals surface area contributed by atoms with Crippen LogP contribution in [0.25, 0.3) is 6.08 Å². The van der Waals surface area contributed by atoms with Crippen molar-refractivity contribution in [2.45, 2.75) is 30.6 Å². The highest BCUT2D eigenvalue weighted by Gasteiger charge is 2.21. The van der Waals surface area contributed by atoms with Gasteiger partial charge in [0.25, 0.3) is 5.69 Å². The summed E-state index contributed by atoms with van der Waals surface area (Å²) in [7, 11) is 0. The molecule has 3 rings (SSSR count). The van der Waals surface area contributed by atoms with E-state index in [0.29, 0.717) is 36.6 Å². The second kappa shape index (κ2) is 9.78. The molecule has 1 heterocycles. The Morgan fingerprint density at radius 1 is 1.00 bits per heavy atom. The average molecular weight is 440 g/mol. The van der Waals surface area contributed by atoms with Gasteiger partial charge in [0.2, 0.25) is 11.8 Å². The van der Waals surface area contributed by atoms with Crippen LogP contribution in [0.15, 0.2) is 52.3 Å². The summed E-state index contributed by atoms with van der Waals surface area (Å²) < 4.78 is 0. The summed E-state index contributed by atoms with van der Waals surface area (Å²) in [4.78, 5) is 39.9. The van der Waals surface area contributed by atoms with E-state index in [0.717, 1.165) is 10.5 Å². The van der Waals surface area contributed by atoms with E-state index in [1.807, 2.05) is 32.0 Å². The van der Waals surface area contributed by atoms with Crippen molar-refractivity contribution in [3.05, 3.63) is 69.3 Å². The fourth-order valence-electron chi connectivity index (χ4n) is 3.29. The number of nitro benzene ring substituents is 1. The molecule has 7 nitrogen and oxygen atoms in total. The molecular weight excluding hydrogens is 414 g/mol. The molecule has 0 radical (unpaired) electrons. The normalized spacial score (nSPS) is 14.2. The summed E-state index contributed by atoms with van der Waals surface area (Å²) >= 11 is 1.35. The Morgan fingerprint density at radius 3 is 2.29 bits per heavy atom. The number of nitrogens with zero attached hydrogens (tertiary/aromatic N) is 3. The molecule has 1 aliphatic rings. The molecule has 1 aliphatic heterocycles. The van der Waals surface area contributed by atoms with Crippen LogP contribution in [-0.2, 0) is 9.59 Å². The fraction of sp³-hybridized carbons (Fsp3) is 0.304. The maximum atomic E-state index is 12.4. The van der Waals surface area contributed by atoms with Crippen molar-refractivity contribution in [2.75, 3.05) is 26.2 Å². The summed E-state index contributed by atoms with van der Waals surface area (Å²) in [5.74, 6) is -0.159. The van der Waals surface area contributed by atoms with Crippen molar-refractivity contribution in [3.8, 4) is 0 Å². The predicted octanol–water partition coefficient (Wildman–Crippen LogP) is 4.07. The largest absolute Gasteiger partial charge is 0.339 e. The van der Waals surface area contributed by atoms with Crippen molar-refractivity contribution in [1.82, 2.24) is 9.80 Å². The predicted molar refractivity (Wildman–Crippen MR) is 121 cm³/mol. The fourth-order valence-corrected chi connectivity index (χ4v) is 4.29. The van der Waals surface area contributed by atoms with Crippen LogP contribution in [0.1, 0.15) is 23.6 Å². The molecule has 0 saturated carbocycles. The molecule has 0 unspecified atom stereocenters. The highest BCUT2D eigenvalue weighted by Crippen LogP contribution is 2.36. The van der Waals surface area contributed by atoms with Crippen molar-refractivity contribution >= 4 is 35.3 Å². The number of rotatable bonds is 5. The first-order valence-electron chi connectivity index (χ1n) is 10.0. The molecule has 0 N–H and O–H groups in total. The second-order valence-electron chi connectivity index (χ2n) is 7.50. The van der Waals surface area contributed by atoms with Gasteiger partial charge in [-0.25, -0.2) is 0 Å². The minimum Gasteiger partial charge on any atom is -0.339 e. The lowest BCUT2D eigenvalue weighted by molar-refractivity contribution is -0.387. The van der Waals surface area contributed by atoms with E-state index in [2.05, 4.69) is 0 Å². The lowest BCUT2D eigenvalue weighted by atomic mass is 10.1. The van der Waals surface area contributed by atoms with Crippen LogP contribution in [0.3, 0.4) is 0 Å². The Kier molecular flexibility index (Phi) is 7.12. The first-order chi connectivity index (χ1) is 14.7. The number of hydrogen-bond donors (Lipinski definition) is 0. The molecule has 2 aromatic rings. The number of aryl methyl sites for hydroxylation is 2. The van der Waals surface area contributed by atoms with Crippen LogP contribution in [0.5, 0.6) is 0 Å². The number of piperazine rings is 1. The van der Waals surface area contributed by atoms with E-state index in [1.165, 1.54) is 36.4 Å². The number of benzene rings is 2. The van der Waals surface area contributed by atoms with Crippen LogP contribution >= 0.6 is 11.8 Å². The van der Waals surface area contributed by atoms with Crippen molar-refractivity contribution in [1.29, 1.82) is 0 Å². The third kappa shape index (κ3) is 5.73. The molecule has 31 heavy (non-hydrogen) atoms. The molecule has 0 aromatic heterocycles. The van der Waals surface area contributed by atoms with Gasteiger partial charge in [0, 0.05) is 50.1 Å². The minimum atomic E-state index is -0.399. The van der Waals surface area contributed by atoms with Gasteiger partial charge in [0.15, 0.2) is 0 Å². The lowest BCUT2D eigenvalue weighted by Crippen LogP contribution is -2.49. The van der Waals surface area contributed by atoms with Crippen LogP contribution in [0.2, 0.25) is 0 Å². The Hall–Kier alpha value is -3.13. The van der Waals surface area contributed by atoms with Crippen molar-refractivity contribution in [2.24, 2.45) is 0 Å². The monoisotopic (exact) mass is 439 g/mol. The van der Waals surface area contributed by atoms with Crippen LogP contribution < -0.4 is 0 Å². The number of carbonyl (C=O) groups excluding carboxylic acids is 2. The van der Waals surface area contributed by atoms with Gasteiger partial charge in [-0.3, -0.25) is 19.7 Å². The average Bonchev–Trinajstić information content (AvgIpc) is 2.75. The molecule has 0 spiro atoms. The topological polar surface area (TPSA) is 83.8 Å². The van der Waals surface area contributed by atoms with E-state index in [1.54, 1.807) is 28.0 Å². The number of nitro groups is 1. The molecule has 2 amide bonds. The molecule has 1 saturated heterocycles. The third-order valence-corrected chi connectivity index (χ3v) is 6.40. The quantitative estimate of drug-likeness (QED) is 0.398. The molecule has 0 bridgehead atoms. The Morgan fingerprint density at radius 2 is 1.68 bits per heavy atom. The molecular formula is C23H25N3O4S. The van der Waals surface area contributed by atoms with Gasteiger partial charge in [0.05, 0.1) is 9.82 Å². The van der Waals surface area contributed by atoms with E-state index in [9.17, 15) is 19.7 Å². The highest BCUT2D eigenvalue weighted by molar-refractivity contribution is 7.99. The van der Waals surface area contributed by atoms with Crippen LogP contribution in [0, 0.1) is 24.0 Å². The first kappa shape index (κ1) is 22.6. The first-order valence-corrected chi connectivity index (χ1v) is 10.8. The second-order valence-corrected chi connectivity index (χ2v) is 8.61. The van der Waals surface area contributed by atoms with E-state index in [4.69, 9.17) is 0 Å². The molecule has 0 atom stereocenters. The van der Waals surface area contributed by atoms with Gasteiger partial charge in [-0.2, -0.15) is 0 Å². The van der Waals surface area contributed by atoms with Gasteiger partial charge in [-0.15, -0.1) is 0 Å². The Labute approximate surface area is 185 Å². The molecule has 1 fully saturated rings. The number of amides is 2. The Balaban J connectivity index is 1.71. The maximum absolute atomic E-state index is 12.4. The van der Waals surface area contributed by atoms with Gasteiger partial charge >= 0.3 is 0 Å². The standard InChI is InChI=1S/C23H25N3O4S/c1-16-4-7-20(14-17(16)2)31-22-8-5-19(15-21(22)26(29)30)6-9-23(28)25-12-10-24(11-13-25)18(3)27/h4-9,14-15H,10-13H2,1-3H3. The van der Waals surface area contributed by atoms with Gasteiger partial charge < -0.3 is 9.80 Å². The summed E-state index contributed by atoms with van der Waals surface area (Å²) in [6, 6.07) is 10.9. The van der Waals surface area contributed by atoms with E-state index in [-0.39, 0.29) is 17.5 Å². The summed E-state index contributed by atoms with van der Waals surface area (Å²) in [5.41, 5.74) is 2.90. The van der Waals surface area contributed by atoms with Gasteiger partial charge in [0.1, 0.15) is 0 Å². The van der Waals surface area contributed by atoms with Crippen LogP contribution in [-0.4, -0.2) is 52.7 Å². The molecule has 0 aliphatic carbocycles. The highest BCUT2D eigenvalue weighted by atomic mass is 32.2. The Bertz CT molecular complexity index is 1040. The van der Waals surface area contributed by atoms with E-state index < -0.39 is 4.92 Å². The molecule has 8 heteroatoms. The number of carbonyl (C=O) groups is 2. The smallest absolute Gasteiger partial charge is 0.283 e. The van der Waals surface area contributed by atoms with Crippen molar-refractivity contribution < 1.29 is 14.5 Å². The zero-order valence-electron chi connectivity index (χ0n) is 17.8. The van der Waals surface area contributed by atoms with E-state index >= 15 is 0 Å². The summed E-state index contributed by atoms with van der Waals surface area (Å²) in [6.45, 7) is 7.56. The number of hydrogen-bond acceptors (Lipinski definition) is 5. The minimum absolute atomic E-state index is 0.00731. The molecule has 162 valence electrons. The summed E-state index contributed by atoms with van der Waals surface area (Å²) in [5, 5.41) is 11.6. The third-order valence-electron chi connectivity index (χ3n) is 5.34.